The van der Waals surface area contributed by atoms with Gasteiger partial charge < -0.3 is 4.98 Å². The zero-order valence-corrected chi connectivity index (χ0v) is 13.0. The smallest absolute Gasteiger partial charge is 0.266 e. The highest BCUT2D eigenvalue weighted by Gasteiger charge is 2.31. The molecule has 1 aliphatic heterocycles. The lowest BCUT2D eigenvalue weighted by Crippen LogP contribution is -2.53. The number of rotatable bonds is 3. The van der Waals surface area contributed by atoms with Gasteiger partial charge in [0.15, 0.2) is 0 Å². The molecule has 1 saturated heterocycles. The number of nitrogens with zero attached hydrogens (tertiary/aromatic N) is 2. The van der Waals surface area contributed by atoms with Crippen molar-refractivity contribution >= 4 is 21.6 Å². The maximum atomic E-state index is 12.5. The first kappa shape index (κ1) is 15.5. The van der Waals surface area contributed by atoms with Gasteiger partial charge in [0.1, 0.15) is 5.02 Å². The van der Waals surface area contributed by atoms with Gasteiger partial charge >= 0.3 is 0 Å². The van der Waals surface area contributed by atoms with E-state index in [1.165, 1.54) is 16.6 Å². The Bertz CT molecular complexity index is 644. The summed E-state index contributed by atoms with van der Waals surface area (Å²) in [6.07, 6.45) is 1.19. The fourth-order valence-electron chi connectivity index (χ4n) is 2.39. The van der Waals surface area contributed by atoms with E-state index >= 15 is 0 Å². The van der Waals surface area contributed by atoms with Crippen LogP contribution in [0.4, 0.5) is 0 Å². The van der Waals surface area contributed by atoms with Crippen LogP contribution in [0.25, 0.3) is 0 Å². The molecule has 2 rings (SSSR count). The highest BCUT2D eigenvalue weighted by molar-refractivity contribution is 7.89. The number of nitrogens with one attached hydrogen (secondary N) is 1. The number of sulfonamides is 1. The van der Waals surface area contributed by atoms with Crippen LogP contribution in [0.3, 0.4) is 0 Å². The summed E-state index contributed by atoms with van der Waals surface area (Å²) in [6.45, 7) is 6.55. The third-order valence-corrected chi connectivity index (χ3v) is 5.73. The Morgan fingerprint density at radius 3 is 2.70 bits per heavy atom. The predicted octanol–water partition coefficient (Wildman–Crippen LogP) is 0.743. The number of pyridine rings is 1. The summed E-state index contributed by atoms with van der Waals surface area (Å²) >= 11 is 5.70. The van der Waals surface area contributed by atoms with E-state index in [9.17, 15) is 13.2 Å². The van der Waals surface area contributed by atoms with Crippen molar-refractivity contribution in [3.63, 3.8) is 0 Å². The molecule has 0 amide bonds. The zero-order valence-electron chi connectivity index (χ0n) is 11.5. The standard InChI is InChI=1S/C12H18ClN3O3S/c1-3-15-4-5-16(8-9(15)2)20(18,19)10-6-11(13)12(17)14-7-10/h6-7,9H,3-5,8H2,1-2H3,(H,14,17). The number of H-pyrrole nitrogens is 1. The lowest BCUT2D eigenvalue weighted by atomic mass is 10.2. The van der Waals surface area contributed by atoms with E-state index in [0.29, 0.717) is 19.6 Å². The summed E-state index contributed by atoms with van der Waals surface area (Å²) < 4.78 is 26.5. The topological polar surface area (TPSA) is 73.5 Å². The Kier molecular flexibility index (Phi) is 4.53. The van der Waals surface area contributed by atoms with E-state index in [-0.39, 0.29) is 16.0 Å². The minimum Gasteiger partial charge on any atom is -0.326 e. The van der Waals surface area contributed by atoms with Gasteiger partial charge in [-0.15, -0.1) is 0 Å². The molecular formula is C12H18ClN3O3S. The molecular weight excluding hydrogens is 302 g/mol. The molecule has 0 spiro atoms. The number of hydrogen-bond donors (Lipinski definition) is 1. The second-order valence-electron chi connectivity index (χ2n) is 4.85. The van der Waals surface area contributed by atoms with Gasteiger partial charge in [0.25, 0.3) is 5.56 Å². The van der Waals surface area contributed by atoms with Gasteiger partial charge in [-0.1, -0.05) is 18.5 Å². The molecule has 20 heavy (non-hydrogen) atoms. The Morgan fingerprint density at radius 1 is 1.45 bits per heavy atom. The number of halogens is 1. The van der Waals surface area contributed by atoms with Crippen LogP contribution in [0.5, 0.6) is 0 Å². The molecule has 0 radical (unpaired) electrons. The van der Waals surface area contributed by atoms with Crippen LogP contribution < -0.4 is 5.56 Å². The average molecular weight is 320 g/mol. The van der Waals surface area contributed by atoms with Crippen LogP contribution in [0.15, 0.2) is 22.0 Å². The Labute approximate surface area is 123 Å². The summed E-state index contributed by atoms with van der Waals surface area (Å²) in [5.41, 5.74) is -0.491. The van der Waals surface area contributed by atoms with Gasteiger partial charge in [-0.2, -0.15) is 4.31 Å². The van der Waals surface area contributed by atoms with Gasteiger partial charge in [-0.3, -0.25) is 9.69 Å². The van der Waals surface area contributed by atoms with Crippen LogP contribution >= 0.6 is 11.6 Å². The first-order valence-electron chi connectivity index (χ1n) is 6.48. The van der Waals surface area contributed by atoms with Crippen molar-refractivity contribution in [3.05, 3.63) is 27.6 Å². The maximum absolute atomic E-state index is 12.5. The maximum Gasteiger partial charge on any atom is 0.266 e. The summed E-state index contributed by atoms with van der Waals surface area (Å²) in [4.78, 5) is 15.8. The van der Waals surface area contributed by atoms with E-state index in [1.807, 2.05) is 6.92 Å². The van der Waals surface area contributed by atoms with Crippen LogP contribution in [0.1, 0.15) is 13.8 Å². The molecule has 2 heterocycles. The third kappa shape index (κ3) is 2.90. The number of piperazine rings is 1. The highest BCUT2D eigenvalue weighted by Crippen LogP contribution is 2.20. The van der Waals surface area contributed by atoms with E-state index in [1.54, 1.807) is 0 Å². The minimum atomic E-state index is -3.61. The number of hydrogen-bond acceptors (Lipinski definition) is 4. The van der Waals surface area contributed by atoms with Crippen molar-refractivity contribution in [1.29, 1.82) is 0 Å². The van der Waals surface area contributed by atoms with Crippen molar-refractivity contribution in [2.75, 3.05) is 26.2 Å². The monoisotopic (exact) mass is 319 g/mol. The lowest BCUT2D eigenvalue weighted by molar-refractivity contribution is 0.135. The molecule has 1 unspecified atom stereocenters. The van der Waals surface area contributed by atoms with E-state index in [2.05, 4.69) is 16.8 Å². The molecule has 112 valence electrons. The molecule has 6 nitrogen and oxygen atoms in total. The lowest BCUT2D eigenvalue weighted by Gasteiger charge is -2.38. The summed E-state index contributed by atoms with van der Waals surface area (Å²) in [5.74, 6) is 0. The van der Waals surface area contributed by atoms with Crippen molar-refractivity contribution in [2.45, 2.75) is 24.8 Å². The van der Waals surface area contributed by atoms with Crippen LogP contribution in [0, 0.1) is 0 Å². The second-order valence-corrected chi connectivity index (χ2v) is 7.20. The second kappa shape index (κ2) is 5.85. The minimum absolute atomic E-state index is 0.0271. The molecule has 0 aromatic carbocycles. The van der Waals surface area contributed by atoms with Gasteiger partial charge in [0.05, 0.1) is 4.90 Å². The van der Waals surface area contributed by atoms with E-state index in [4.69, 9.17) is 11.6 Å². The molecule has 1 N–H and O–H groups in total. The quantitative estimate of drug-likeness (QED) is 0.892. The van der Waals surface area contributed by atoms with Crippen LogP contribution in [0.2, 0.25) is 5.02 Å². The van der Waals surface area contributed by atoms with Crippen molar-refractivity contribution in [3.8, 4) is 0 Å². The largest absolute Gasteiger partial charge is 0.326 e. The zero-order chi connectivity index (χ0) is 14.9. The number of aromatic amines is 1. The van der Waals surface area contributed by atoms with Crippen LogP contribution in [-0.2, 0) is 10.0 Å². The van der Waals surface area contributed by atoms with Gasteiger partial charge in [0, 0.05) is 31.9 Å². The molecule has 0 bridgehead atoms. The fraction of sp³-hybridized carbons (Fsp3) is 0.583. The fourth-order valence-corrected chi connectivity index (χ4v) is 4.13. The molecule has 1 aromatic heterocycles. The normalized spacial score (nSPS) is 22.1. The Hall–Kier alpha value is -0.890. The van der Waals surface area contributed by atoms with Crippen molar-refractivity contribution in [2.24, 2.45) is 0 Å². The average Bonchev–Trinajstić information content (AvgIpc) is 2.41. The molecule has 0 aliphatic carbocycles. The van der Waals surface area contributed by atoms with Crippen molar-refractivity contribution < 1.29 is 8.42 Å². The highest BCUT2D eigenvalue weighted by atomic mass is 35.5. The summed E-state index contributed by atoms with van der Waals surface area (Å²) in [5, 5.41) is -0.119. The summed E-state index contributed by atoms with van der Waals surface area (Å²) in [7, 11) is -3.61. The Balaban J connectivity index is 2.27. The van der Waals surface area contributed by atoms with Gasteiger partial charge in [-0.05, 0) is 19.5 Å². The number of likely N-dealkylation sites (N-methyl/N-ethyl adjacent to an activating group) is 1. The predicted molar refractivity (Wildman–Crippen MR) is 77.5 cm³/mol. The van der Waals surface area contributed by atoms with Crippen molar-refractivity contribution in [1.82, 2.24) is 14.2 Å². The Morgan fingerprint density at radius 2 is 2.15 bits per heavy atom. The third-order valence-electron chi connectivity index (χ3n) is 3.60. The molecule has 8 heteroatoms. The summed E-state index contributed by atoms with van der Waals surface area (Å²) in [6, 6.07) is 1.37. The first-order chi connectivity index (χ1) is 9.36. The van der Waals surface area contributed by atoms with E-state index in [0.717, 1.165) is 6.54 Å². The van der Waals surface area contributed by atoms with E-state index < -0.39 is 15.6 Å². The van der Waals surface area contributed by atoms with Crippen LogP contribution in [-0.4, -0.2) is 54.8 Å². The first-order valence-corrected chi connectivity index (χ1v) is 8.30. The molecule has 1 aromatic rings. The SMILES string of the molecule is CCN1CCN(S(=O)(=O)c2c[nH]c(=O)c(Cl)c2)CC1C. The van der Waals surface area contributed by atoms with Gasteiger partial charge in [0.2, 0.25) is 10.0 Å². The molecule has 1 aliphatic rings. The molecule has 1 atom stereocenters. The molecule has 0 saturated carbocycles. The molecule has 1 fully saturated rings. The van der Waals surface area contributed by atoms with Gasteiger partial charge in [-0.25, -0.2) is 8.42 Å². The number of aromatic nitrogens is 1.